The minimum atomic E-state index is 0.436. The number of guanidine groups is 1. The SMILES string of the molecule is NC(=NCc1cccc(-c2ccccn2)c1)Nc1ccc2c(c1)CCC2. The summed E-state index contributed by atoms with van der Waals surface area (Å²) in [4.78, 5) is 8.88. The Labute approximate surface area is 153 Å². The summed E-state index contributed by atoms with van der Waals surface area (Å²) >= 11 is 0. The molecule has 0 aliphatic heterocycles. The Morgan fingerprint density at radius 2 is 1.92 bits per heavy atom. The number of aromatic nitrogens is 1. The van der Waals surface area contributed by atoms with Crippen LogP contribution in [0.1, 0.15) is 23.1 Å². The zero-order chi connectivity index (χ0) is 17.8. The maximum Gasteiger partial charge on any atom is 0.193 e. The molecule has 0 bridgehead atoms. The molecule has 1 heterocycles. The molecular formula is C22H22N4. The molecule has 0 saturated carbocycles. The van der Waals surface area contributed by atoms with E-state index in [4.69, 9.17) is 5.73 Å². The van der Waals surface area contributed by atoms with Crippen LogP contribution in [0.4, 0.5) is 5.69 Å². The van der Waals surface area contributed by atoms with Gasteiger partial charge in [-0.2, -0.15) is 0 Å². The van der Waals surface area contributed by atoms with Crippen molar-refractivity contribution in [2.24, 2.45) is 10.7 Å². The van der Waals surface area contributed by atoms with Gasteiger partial charge in [-0.25, -0.2) is 4.99 Å². The Hall–Kier alpha value is -3.14. The molecule has 0 atom stereocenters. The van der Waals surface area contributed by atoms with Crippen molar-refractivity contribution in [2.45, 2.75) is 25.8 Å². The molecule has 26 heavy (non-hydrogen) atoms. The normalized spacial score (nSPS) is 13.5. The number of hydrogen-bond donors (Lipinski definition) is 2. The second-order valence-electron chi connectivity index (χ2n) is 6.58. The van der Waals surface area contributed by atoms with E-state index >= 15 is 0 Å². The minimum absolute atomic E-state index is 0.436. The number of rotatable bonds is 4. The number of nitrogens with two attached hydrogens (primary N) is 1. The second kappa shape index (κ2) is 7.40. The van der Waals surface area contributed by atoms with Crippen molar-refractivity contribution in [2.75, 3.05) is 5.32 Å². The Bertz CT molecular complexity index is 932. The highest BCUT2D eigenvalue weighted by Gasteiger charge is 2.10. The van der Waals surface area contributed by atoms with Gasteiger partial charge in [0.1, 0.15) is 0 Å². The number of hydrogen-bond acceptors (Lipinski definition) is 2. The Morgan fingerprint density at radius 1 is 1.00 bits per heavy atom. The number of benzene rings is 2. The van der Waals surface area contributed by atoms with Gasteiger partial charge in [0.25, 0.3) is 0 Å². The largest absolute Gasteiger partial charge is 0.370 e. The molecule has 0 saturated heterocycles. The molecule has 4 rings (SSSR count). The summed E-state index contributed by atoms with van der Waals surface area (Å²) in [6.07, 6.45) is 5.39. The lowest BCUT2D eigenvalue weighted by atomic mass is 10.1. The summed E-state index contributed by atoms with van der Waals surface area (Å²) in [6.45, 7) is 0.532. The van der Waals surface area contributed by atoms with Crippen LogP contribution in [0.3, 0.4) is 0 Å². The molecule has 1 aliphatic rings. The summed E-state index contributed by atoms with van der Waals surface area (Å²) in [5.41, 5.74) is 13.1. The zero-order valence-electron chi connectivity index (χ0n) is 14.7. The number of nitrogens with zero attached hydrogens (tertiary/aromatic N) is 2. The predicted molar refractivity (Wildman–Crippen MR) is 107 cm³/mol. The van der Waals surface area contributed by atoms with Crippen molar-refractivity contribution in [3.8, 4) is 11.3 Å². The fraction of sp³-hybridized carbons (Fsp3) is 0.182. The maximum atomic E-state index is 6.07. The Morgan fingerprint density at radius 3 is 2.81 bits per heavy atom. The number of fused-ring (bicyclic) bond motifs is 1. The number of aryl methyl sites for hydroxylation is 2. The molecule has 0 radical (unpaired) electrons. The third-order valence-corrected chi connectivity index (χ3v) is 4.69. The van der Waals surface area contributed by atoms with Gasteiger partial charge in [0.15, 0.2) is 5.96 Å². The Balaban J connectivity index is 1.44. The van der Waals surface area contributed by atoms with E-state index in [1.54, 1.807) is 6.20 Å². The van der Waals surface area contributed by atoms with Gasteiger partial charge in [0, 0.05) is 17.4 Å². The van der Waals surface area contributed by atoms with E-state index in [1.165, 1.54) is 24.0 Å². The van der Waals surface area contributed by atoms with Crippen molar-refractivity contribution < 1.29 is 0 Å². The molecule has 3 aromatic rings. The third kappa shape index (κ3) is 3.75. The van der Waals surface area contributed by atoms with Crippen molar-refractivity contribution in [1.82, 2.24) is 4.98 Å². The van der Waals surface area contributed by atoms with Crippen molar-refractivity contribution >= 4 is 11.6 Å². The first-order valence-electron chi connectivity index (χ1n) is 8.97. The monoisotopic (exact) mass is 342 g/mol. The van der Waals surface area contributed by atoms with Gasteiger partial charge >= 0.3 is 0 Å². The molecule has 0 amide bonds. The number of anilines is 1. The first-order valence-corrected chi connectivity index (χ1v) is 8.97. The van der Waals surface area contributed by atoms with Gasteiger partial charge < -0.3 is 11.1 Å². The summed E-state index contributed by atoms with van der Waals surface area (Å²) < 4.78 is 0. The smallest absolute Gasteiger partial charge is 0.193 e. The highest BCUT2D eigenvalue weighted by Crippen LogP contribution is 2.24. The average molecular weight is 342 g/mol. The van der Waals surface area contributed by atoms with Gasteiger partial charge in [-0.15, -0.1) is 0 Å². The van der Waals surface area contributed by atoms with E-state index in [0.29, 0.717) is 12.5 Å². The van der Waals surface area contributed by atoms with E-state index in [2.05, 4.69) is 51.7 Å². The van der Waals surface area contributed by atoms with Crippen LogP contribution in [0.25, 0.3) is 11.3 Å². The molecule has 0 fully saturated rings. The highest BCUT2D eigenvalue weighted by molar-refractivity contribution is 5.92. The molecule has 3 N–H and O–H groups in total. The van der Waals surface area contributed by atoms with Crippen LogP contribution in [-0.2, 0) is 19.4 Å². The first-order chi connectivity index (χ1) is 12.8. The third-order valence-electron chi connectivity index (χ3n) is 4.69. The lowest BCUT2D eigenvalue weighted by Gasteiger charge is -2.08. The van der Waals surface area contributed by atoms with Gasteiger partial charge in [0.05, 0.1) is 12.2 Å². The van der Waals surface area contributed by atoms with Crippen molar-refractivity contribution in [3.63, 3.8) is 0 Å². The molecule has 130 valence electrons. The lowest BCUT2D eigenvalue weighted by Crippen LogP contribution is -2.22. The standard InChI is InChI=1S/C22H22N4/c23-22(26-20-11-10-17-6-4-7-18(17)14-20)25-15-16-5-3-8-19(13-16)21-9-1-2-12-24-21/h1-3,5,8-14H,4,6-7,15H2,(H3,23,25,26). The molecule has 4 nitrogen and oxygen atoms in total. The van der Waals surface area contributed by atoms with E-state index in [9.17, 15) is 0 Å². The van der Waals surface area contributed by atoms with Gasteiger partial charge in [-0.1, -0.05) is 30.3 Å². The lowest BCUT2D eigenvalue weighted by molar-refractivity contribution is 0.912. The molecule has 0 spiro atoms. The fourth-order valence-corrected chi connectivity index (χ4v) is 3.38. The van der Waals surface area contributed by atoms with E-state index in [0.717, 1.165) is 28.9 Å². The van der Waals surface area contributed by atoms with Gasteiger partial charge in [-0.05, 0) is 66.3 Å². The van der Waals surface area contributed by atoms with E-state index < -0.39 is 0 Å². The number of nitrogens with one attached hydrogen (secondary N) is 1. The highest BCUT2D eigenvalue weighted by atomic mass is 15.1. The predicted octanol–water partition coefficient (Wildman–Crippen LogP) is 4.16. The summed E-state index contributed by atoms with van der Waals surface area (Å²) in [5, 5.41) is 3.20. The topological polar surface area (TPSA) is 63.3 Å². The van der Waals surface area contributed by atoms with Gasteiger partial charge in [-0.3, -0.25) is 4.98 Å². The van der Waals surface area contributed by atoms with Crippen LogP contribution in [0.5, 0.6) is 0 Å². The van der Waals surface area contributed by atoms with Crippen LogP contribution >= 0.6 is 0 Å². The fourth-order valence-electron chi connectivity index (χ4n) is 3.38. The van der Waals surface area contributed by atoms with Crippen LogP contribution in [0.2, 0.25) is 0 Å². The molecular weight excluding hydrogens is 320 g/mol. The molecule has 4 heteroatoms. The molecule has 1 aliphatic carbocycles. The summed E-state index contributed by atoms with van der Waals surface area (Å²) in [5.74, 6) is 0.436. The average Bonchev–Trinajstić information content (AvgIpc) is 3.15. The quantitative estimate of drug-likeness (QED) is 0.553. The maximum absolute atomic E-state index is 6.07. The number of pyridine rings is 1. The van der Waals surface area contributed by atoms with Crippen LogP contribution in [0.15, 0.2) is 71.9 Å². The number of aliphatic imine (C=N–C) groups is 1. The first kappa shape index (κ1) is 16.3. The van der Waals surface area contributed by atoms with Crippen LogP contribution in [-0.4, -0.2) is 10.9 Å². The van der Waals surface area contributed by atoms with Crippen LogP contribution in [0, 0.1) is 0 Å². The summed E-state index contributed by atoms with van der Waals surface area (Å²) in [7, 11) is 0. The van der Waals surface area contributed by atoms with Crippen molar-refractivity contribution in [3.05, 3.63) is 83.6 Å². The van der Waals surface area contributed by atoms with Gasteiger partial charge in [0.2, 0.25) is 0 Å². The van der Waals surface area contributed by atoms with E-state index in [-0.39, 0.29) is 0 Å². The molecule has 2 aromatic carbocycles. The Kier molecular flexibility index (Phi) is 4.65. The van der Waals surface area contributed by atoms with E-state index in [1.807, 2.05) is 24.3 Å². The molecule has 1 aromatic heterocycles. The molecule has 0 unspecified atom stereocenters. The van der Waals surface area contributed by atoms with Crippen molar-refractivity contribution in [1.29, 1.82) is 0 Å². The second-order valence-corrected chi connectivity index (χ2v) is 6.58. The van der Waals surface area contributed by atoms with Crippen LogP contribution < -0.4 is 11.1 Å². The summed E-state index contributed by atoms with van der Waals surface area (Å²) in [6, 6.07) is 20.6. The minimum Gasteiger partial charge on any atom is -0.370 e. The zero-order valence-corrected chi connectivity index (χ0v) is 14.7.